The zero-order valence-electron chi connectivity index (χ0n) is 10.3. The van der Waals surface area contributed by atoms with E-state index in [1.165, 1.54) is 18.2 Å². The summed E-state index contributed by atoms with van der Waals surface area (Å²) < 4.78 is 0. The third kappa shape index (κ3) is 1.87. The van der Waals surface area contributed by atoms with Gasteiger partial charge in [-0.1, -0.05) is 47.5 Å². The van der Waals surface area contributed by atoms with E-state index in [1.807, 2.05) is 0 Å². The van der Waals surface area contributed by atoms with Crippen LogP contribution < -0.4 is 0 Å². The first-order valence-electron chi connectivity index (χ1n) is 5.87. The number of carbonyl (C=O) groups excluding carboxylic acids is 2. The molecule has 1 aliphatic rings. The minimum Gasteiger partial charge on any atom is -0.478 e. The molecule has 0 atom stereocenters. The highest BCUT2D eigenvalue weighted by Crippen LogP contribution is 2.37. The maximum atomic E-state index is 12.5. The minimum absolute atomic E-state index is 0.0366. The highest BCUT2D eigenvalue weighted by Gasteiger charge is 2.35. The predicted octanol–water partition coefficient (Wildman–Crippen LogP) is 3.47. The molecule has 1 aliphatic carbocycles. The van der Waals surface area contributed by atoms with E-state index >= 15 is 0 Å². The van der Waals surface area contributed by atoms with Gasteiger partial charge in [-0.15, -0.1) is 0 Å². The van der Waals surface area contributed by atoms with Gasteiger partial charge in [-0.05, 0) is 6.07 Å². The van der Waals surface area contributed by atoms with Crippen LogP contribution in [0, 0.1) is 0 Å². The van der Waals surface area contributed by atoms with Crippen LogP contribution in [0.15, 0.2) is 30.3 Å². The van der Waals surface area contributed by atoms with Crippen molar-refractivity contribution in [2.45, 2.75) is 0 Å². The van der Waals surface area contributed by atoms with Crippen molar-refractivity contribution in [2.75, 3.05) is 0 Å². The van der Waals surface area contributed by atoms with Crippen molar-refractivity contribution >= 4 is 40.7 Å². The number of carboxylic acid groups (broad SMARTS) is 1. The summed E-state index contributed by atoms with van der Waals surface area (Å²) in [6, 6.07) is 7.47. The standard InChI is InChI=1S/C15H6Cl2O4/c16-9-5-8-10(11(12(9)17)15(20)21)14(19)7-4-2-1-3-6(7)13(8)18/h1-5H,(H,20,21). The third-order valence-corrected chi connectivity index (χ3v) is 4.11. The van der Waals surface area contributed by atoms with Crippen molar-refractivity contribution < 1.29 is 19.5 Å². The number of halogens is 2. The van der Waals surface area contributed by atoms with E-state index in [0.717, 1.165) is 0 Å². The number of ketones is 2. The maximum absolute atomic E-state index is 12.5. The van der Waals surface area contributed by atoms with Crippen molar-refractivity contribution in [1.82, 2.24) is 0 Å². The van der Waals surface area contributed by atoms with Crippen LogP contribution in [0.2, 0.25) is 10.0 Å². The lowest BCUT2D eigenvalue weighted by molar-refractivity contribution is 0.0693. The SMILES string of the molecule is O=C1c2ccccc2C(=O)c2c1cc(Cl)c(Cl)c2C(=O)O. The molecule has 6 heteroatoms. The Morgan fingerprint density at radius 1 is 0.952 bits per heavy atom. The van der Waals surface area contributed by atoms with Crippen LogP contribution in [0.25, 0.3) is 0 Å². The summed E-state index contributed by atoms with van der Waals surface area (Å²) >= 11 is 11.8. The smallest absolute Gasteiger partial charge is 0.338 e. The Bertz CT molecular complexity index is 840. The lowest BCUT2D eigenvalue weighted by Crippen LogP contribution is -2.24. The largest absolute Gasteiger partial charge is 0.478 e. The summed E-state index contributed by atoms with van der Waals surface area (Å²) in [7, 11) is 0. The molecule has 0 fully saturated rings. The Balaban J connectivity index is 2.43. The van der Waals surface area contributed by atoms with Crippen LogP contribution in [-0.4, -0.2) is 22.6 Å². The van der Waals surface area contributed by atoms with E-state index < -0.39 is 23.1 Å². The van der Waals surface area contributed by atoms with Gasteiger partial charge in [0.2, 0.25) is 0 Å². The van der Waals surface area contributed by atoms with E-state index in [4.69, 9.17) is 23.2 Å². The van der Waals surface area contributed by atoms with Gasteiger partial charge in [0.15, 0.2) is 11.6 Å². The number of benzene rings is 2. The van der Waals surface area contributed by atoms with Gasteiger partial charge in [0.25, 0.3) is 0 Å². The normalized spacial score (nSPS) is 12.9. The first kappa shape index (κ1) is 13.8. The average molecular weight is 321 g/mol. The Kier molecular flexibility index (Phi) is 3.08. The summed E-state index contributed by atoms with van der Waals surface area (Å²) in [5, 5.41) is 8.97. The molecule has 0 bridgehead atoms. The quantitative estimate of drug-likeness (QED) is 0.745. The van der Waals surface area contributed by atoms with E-state index in [1.54, 1.807) is 12.1 Å². The van der Waals surface area contributed by atoms with Crippen molar-refractivity contribution in [3.8, 4) is 0 Å². The Morgan fingerprint density at radius 2 is 1.52 bits per heavy atom. The van der Waals surface area contributed by atoms with Gasteiger partial charge in [0.1, 0.15) is 0 Å². The molecular formula is C15H6Cl2O4. The first-order valence-corrected chi connectivity index (χ1v) is 6.62. The number of rotatable bonds is 1. The van der Waals surface area contributed by atoms with Gasteiger partial charge in [-0.25, -0.2) is 4.79 Å². The average Bonchev–Trinajstić information content (AvgIpc) is 2.46. The Hall–Kier alpha value is -2.17. The summed E-state index contributed by atoms with van der Waals surface area (Å²) in [4.78, 5) is 36.4. The molecule has 0 aliphatic heterocycles. The van der Waals surface area contributed by atoms with Gasteiger partial charge in [-0.3, -0.25) is 9.59 Å². The maximum Gasteiger partial charge on any atom is 0.338 e. The highest BCUT2D eigenvalue weighted by atomic mass is 35.5. The molecule has 3 rings (SSSR count). The van der Waals surface area contributed by atoms with Crippen molar-refractivity contribution in [1.29, 1.82) is 0 Å². The summed E-state index contributed by atoms with van der Waals surface area (Å²) in [6.45, 7) is 0. The van der Waals surface area contributed by atoms with Gasteiger partial charge in [0, 0.05) is 22.3 Å². The number of fused-ring (bicyclic) bond motifs is 2. The molecule has 0 aromatic heterocycles. The third-order valence-electron chi connectivity index (χ3n) is 3.32. The predicted molar refractivity (Wildman–Crippen MR) is 76.7 cm³/mol. The molecule has 104 valence electrons. The molecule has 0 heterocycles. The van der Waals surface area contributed by atoms with Gasteiger partial charge < -0.3 is 5.11 Å². The number of carbonyl (C=O) groups is 3. The van der Waals surface area contributed by atoms with Gasteiger partial charge in [-0.2, -0.15) is 0 Å². The monoisotopic (exact) mass is 320 g/mol. The molecule has 21 heavy (non-hydrogen) atoms. The van der Waals surface area contributed by atoms with Gasteiger partial charge in [0.05, 0.1) is 15.6 Å². The Labute approximate surface area is 128 Å². The topological polar surface area (TPSA) is 71.4 Å². The molecule has 4 nitrogen and oxygen atoms in total. The van der Waals surface area contributed by atoms with Crippen LogP contribution in [0.3, 0.4) is 0 Å². The Morgan fingerprint density at radius 3 is 2.10 bits per heavy atom. The van der Waals surface area contributed by atoms with E-state index in [0.29, 0.717) is 0 Å². The second-order valence-corrected chi connectivity index (χ2v) is 5.26. The zero-order valence-corrected chi connectivity index (χ0v) is 11.8. The molecule has 0 saturated heterocycles. The zero-order chi connectivity index (χ0) is 15.3. The molecule has 0 unspecified atom stereocenters. The van der Waals surface area contributed by atoms with E-state index in [-0.39, 0.29) is 32.3 Å². The molecule has 0 spiro atoms. The van der Waals surface area contributed by atoms with Crippen LogP contribution in [-0.2, 0) is 0 Å². The number of hydrogen-bond donors (Lipinski definition) is 1. The second kappa shape index (κ2) is 4.69. The van der Waals surface area contributed by atoms with Crippen molar-refractivity contribution in [3.05, 3.63) is 68.2 Å². The number of aromatic carboxylic acids is 1. The molecule has 2 aromatic carbocycles. The van der Waals surface area contributed by atoms with Crippen LogP contribution in [0.5, 0.6) is 0 Å². The molecule has 0 radical (unpaired) electrons. The second-order valence-electron chi connectivity index (χ2n) is 4.48. The van der Waals surface area contributed by atoms with Crippen molar-refractivity contribution in [2.24, 2.45) is 0 Å². The fourth-order valence-corrected chi connectivity index (χ4v) is 2.83. The van der Waals surface area contributed by atoms with Crippen molar-refractivity contribution in [3.63, 3.8) is 0 Å². The fourth-order valence-electron chi connectivity index (χ4n) is 2.40. The van der Waals surface area contributed by atoms with E-state index in [9.17, 15) is 19.5 Å². The molecule has 2 aromatic rings. The number of carboxylic acids is 1. The summed E-state index contributed by atoms with van der Waals surface area (Å²) in [5.74, 6) is -2.39. The highest BCUT2D eigenvalue weighted by molar-refractivity contribution is 6.45. The molecule has 0 amide bonds. The summed E-state index contributed by atoms with van der Waals surface area (Å²) in [6.07, 6.45) is 0. The first-order chi connectivity index (χ1) is 9.93. The molecule has 0 saturated carbocycles. The lowest BCUT2D eigenvalue weighted by atomic mass is 9.82. The van der Waals surface area contributed by atoms with Crippen LogP contribution >= 0.6 is 23.2 Å². The summed E-state index contributed by atoms with van der Waals surface area (Å²) in [5.41, 5.74) is -0.293. The van der Waals surface area contributed by atoms with E-state index in [2.05, 4.69) is 0 Å². The van der Waals surface area contributed by atoms with Crippen LogP contribution in [0.1, 0.15) is 42.2 Å². The number of hydrogen-bond acceptors (Lipinski definition) is 3. The fraction of sp³-hybridized carbons (Fsp3) is 0. The van der Waals surface area contributed by atoms with Gasteiger partial charge >= 0.3 is 5.97 Å². The lowest BCUT2D eigenvalue weighted by Gasteiger charge is -2.20. The molecular weight excluding hydrogens is 315 g/mol. The minimum atomic E-state index is -1.40. The molecule has 1 N–H and O–H groups in total. The van der Waals surface area contributed by atoms with Crippen LogP contribution in [0.4, 0.5) is 0 Å².